The summed E-state index contributed by atoms with van der Waals surface area (Å²) in [5, 5.41) is 0. The highest BCUT2D eigenvalue weighted by Crippen LogP contribution is 2.34. The molecule has 0 bridgehead atoms. The predicted molar refractivity (Wildman–Crippen MR) is 100 cm³/mol. The molecule has 0 N–H and O–H groups in total. The molecule has 8 heteroatoms. The fourth-order valence-electron chi connectivity index (χ4n) is 3.88. The van der Waals surface area contributed by atoms with E-state index in [-0.39, 0.29) is 29.7 Å². The van der Waals surface area contributed by atoms with Gasteiger partial charge in [0.15, 0.2) is 11.2 Å². The second-order valence-electron chi connectivity index (χ2n) is 7.01. The molecule has 27 heavy (non-hydrogen) atoms. The highest BCUT2D eigenvalue weighted by atomic mass is 16.2. The summed E-state index contributed by atoms with van der Waals surface area (Å²) in [6.07, 6.45) is 3.29. The van der Waals surface area contributed by atoms with E-state index in [0.29, 0.717) is 0 Å². The van der Waals surface area contributed by atoms with E-state index in [4.69, 9.17) is 0 Å². The molecular weight excluding hydrogens is 346 g/mol. The van der Waals surface area contributed by atoms with Gasteiger partial charge in [-0.25, -0.2) is 9.78 Å². The number of imidazole rings is 1. The van der Waals surface area contributed by atoms with Crippen molar-refractivity contribution in [3.8, 4) is 0 Å². The van der Waals surface area contributed by atoms with Crippen LogP contribution in [0.15, 0.2) is 40.2 Å². The zero-order chi connectivity index (χ0) is 19.3. The Morgan fingerprint density at radius 1 is 1.22 bits per heavy atom. The zero-order valence-corrected chi connectivity index (χ0v) is 15.5. The lowest BCUT2D eigenvalue weighted by Gasteiger charge is -2.25. The Bertz CT molecular complexity index is 1170. The Balaban J connectivity index is 1.66. The molecule has 8 nitrogen and oxygen atoms in total. The summed E-state index contributed by atoms with van der Waals surface area (Å²) in [6.45, 7) is -0.000882. The summed E-state index contributed by atoms with van der Waals surface area (Å²) in [6, 6.07) is 8.20. The molecule has 1 amide bonds. The molecule has 0 saturated carbocycles. The van der Waals surface area contributed by atoms with E-state index in [1.807, 2.05) is 12.1 Å². The van der Waals surface area contributed by atoms with Crippen LogP contribution in [0.1, 0.15) is 23.6 Å². The number of fused-ring (bicyclic) bond motifs is 2. The zero-order valence-electron chi connectivity index (χ0n) is 15.5. The maximum absolute atomic E-state index is 12.9. The number of likely N-dealkylation sites (N-methyl/N-ethyl adjacent to an activating group) is 1. The largest absolute Gasteiger partial charge is 0.337 e. The summed E-state index contributed by atoms with van der Waals surface area (Å²) in [4.78, 5) is 43.4. The number of rotatable bonds is 3. The van der Waals surface area contributed by atoms with Gasteiger partial charge >= 0.3 is 5.69 Å². The van der Waals surface area contributed by atoms with E-state index in [1.165, 1.54) is 33.6 Å². The minimum absolute atomic E-state index is 0.000882. The first-order valence-electron chi connectivity index (χ1n) is 8.84. The van der Waals surface area contributed by atoms with E-state index in [1.54, 1.807) is 19.0 Å². The SMILES string of the molecule is CN(C(=O)Cn1cnc2c1c(=O)n(C)c(=O)n2C)[C@H]1CCc2ccccc21. The smallest absolute Gasteiger partial charge is 0.332 e. The molecule has 140 valence electrons. The molecule has 0 aliphatic heterocycles. The first-order valence-corrected chi connectivity index (χ1v) is 8.84. The van der Waals surface area contributed by atoms with Gasteiger partial charge in [-0.05, 0) is 24.0 Å². The molecule has 4 rings (SSSR count). The van der Waals surface area contributed by atoms with E-state index in [0.717, 1.165) is 17.4 Å². The molecular formula is C19H21N5O3. The van der Waals surface area contributed by atoms with Gasteiger partial charge in [0.2, 0.25) is 5.91 Å². The Morgan fingerprint density at radius 2 is 1.96 bits per heavy atom. The Hall–Kier alpha value is -3.16. The monoisotopic (exact) mass is 367 g/mol. The van der Waals surface area contributed by atoms with Crippen molar-refractivity contribution in [1.82, 2.24) is 23.6 Å². The summed E-state index contributed by atoms with van der Waals surface area (Å²) in [7, 11) is 4.78. The number of hydrogen-bond acceptors (Lipinski definition) is 4. The van der Waals surface area contributed by atoms with E-state index >= 15 is 0 Å². The average Bonchev–Trinajstić information content (AvgIpc) is 3.28. The topological polar surface area (TPSA) is 82.1 Å². The van der Waals surface area contributed by atoms with Crippen LogP contribution >= 0.6 is 0 Å². The van der Waals surface area contributed by atoms with Gasteiger partial charge in [0, 0.05) is 21.1 Å². The van der Waals surface area contributed by atoms with E-state index in [2.05, 4.69) is 17.1 Å². The molecule has 0 radical (unpaired) electrons. The van der Waals surface area contributed by atoms with E-state index < -0.39 is 11.2 Å². The third kappa shape index (κ3) is 2.59. The van der Waals surface area contributed by atoms with Gasteiger partial charge in [-0.3, -0.25) is 18.7 Å². The van der Waals surface area contributed by atoms with Crippen LogP contribution in [0.2, 0.25) is 0 Å². The first kappa shape index (κ1) is 17.3. The standard InChI is InChI=1S/C19H21N5O3/c1-21(14-9-8-12-6-4-5-7-13(12)14)15(25)10-24-11-20-17-16(24)18(26)23(3)19(27)22(17)2/h4-7,11,14H,8-10H2,1-3H3/t14-/m0/s1. The summed E-state index contributed by atoms with van der Waals surface area (Å²) >= 11 is 0. The Morgan fingerprint density at radius 3 is 2.74 bits per heavy atom. The molecule has 1 atom stereocenters. The van der Waals surface area contributed by atoms with Gasteiger partial charge < -0.3 is 9.47 Å². The predicted octanol–water partition coefficient (Wildman–Crippen LogP) is 0.580. The summed E-state index contributed by atoms with van der Waals surface area (Å²) < 4.78 is 3.87. The maximum atomic E-state index is 12.9. The fraction of sp³-hybridized carbons (Fsp3) is 0.368. The van der Waals surface area contributed by atoms with Crippen molar-refractivity contribution < 1.29 is 4.79 Å². The molecule has 3 aromatic rings. The van der Waals surface area contributed by atoms with Gasteiger partial charge in [-0.1, -0.05) is 24.3 Å². The molecule has 0 unspecified atom stereocenters. The van der Waals surface area contributed by atoms with Crippen LogP contribution in [0.4, 0.5) is 0 Å². The van der Waals surface area contributed by atoms with E-state index in [9.17, 15) is 14.4 Å². The number of carbonyl (C=O) groups excluding carboxylic acids is 1. The molecule has 0 spiro atoms. The van der Waals surface area contributed by atoms with Crippen LogP contribution in [0.25, 0.3) is 11.2 Å². The molecule has 2 heterocycles. The number of amides is 1. The van der Waals surface area contributed by atoms with Crippen LogP contribution < -0.4 is 11.2 Å². The second kappa shape index (κ2) is 6.22. The van der Waals surface area contributed by atoms with Gasteiger partial charge in [-0.2, -0.15) is 0 Å². The van der Waals surface area contributed by atoms with Crippen LogP contribution in [0.5, 0.6) is 0 Å². The van der Waals surface area contributed by atoms with Gasteiger partial charge in [0.25, 0.3) is 5.56 Å². The van der Waals surface area contributed by atoms with Crippen molar-refractivity contribution in [1.29, 1.82) is 0 Å². The minimum atomic E-state index is -0.452. The first-order chi connectivity index (χ1) is 12.9. The van der Waals surface area contributed by atoms with Gasteiger partial charge in [-0.15, -0.1) is 0 Å². The normalized spacial score (nSPS) is 15.9. The van der Waals surface area contributed by atoms with Crippen LogP contribution in [-0.2, 0) is 31.9 Å². The van der Waals surface area contributed by atoms with Crippen molar-refractivity contribution in [2.75, 3.05) is 7.05 Å². The van der Waals surface area contributed by atoms with Crippen molar-refractivity contribution in [3.63, 3.8) is 0 Å². The summed E-state index contributed by atoms with van der Waals surface area (Å²) in [5.74, 6) is -0.105. The lowest BCUT2D eigenvalue weighted by Crippen LogP contribution is -2.38. The Kier molecular flexibility index (Phi) is 3.98. The number of aromatic nitrogens is 4. The van der Waals surface area contributed by atoms with Gasteiger partial charge in [0.1, 0.15) is 6.54 Å². The van der Waals surface area contributed by atoms with Crippen molar-refractivity contribution >= 4 is 17.1 Å². The number of nitrogens with zero attached hydrogens (tertiary/aromatic N) is 5. The van der Waals surface area contributed by atoms with Crippen molar-refractivity contribution in [2.45, 2.75) is 25.4 Å². The molecule has 2 aromatic heterocycles. The molecule has 1 aliphatic carbocycles. The van der Waals surface area contributed by atoms with Gasteiger partial charge in [0.05, 0.1) is 12.4 Å². The number of carbonyl (C=O) groups is 1. The van der Waals surface area contributed by atoms with Crippen molar-refractivity contribution in [3.05, 3.63) is 62.6 Å². The molecule has 1 aliphatic rings. The van der Waals surface area contributed by atoms with Crippen LogP contribution in [0.3, 0.4) is 0 Å². The third-order valence-corrected chi connectivity index (χ3v) is 5.48. The molecule has 0 saturated heterocycles. The number of benzene rings is 1. The highest BCUT2D eigenvalue weighted by Gasteiger charge is 2.28. The minimum Gasteiger partial charge on any atom is -0.337 e. The number of hydrogen-bond donors (Lipinski definition) is 0. The molecule has 0 fully saturated rings. The maximum Gasteiger partial charge on any atom is 0.332 e. The third-order valence-electron chi connectivity index (χ3n) is 5.48. The fourth-order valence-corrected chi connectivity index (χ4v) is 3.88. The number of aryl methyl sites for hydroxylation is 2. The van der Waals surface area contributed by atoms with Crippen molar-refractivity contribution in [2.24, 2.45) is 14.1 Å². The quantitative estimate of drug-likeness (QED) is 0.678. The second-order valence-corrected chi connectivity index (χ2v) is 7.01. The van der Waals surface area contributed by atoms with Crippen LogP contribution in [-0.4, -0.2) is 36.5 Å². The summed E-state index contributed by atoms with van der Waals surface area (Å²) in [5.41, 5.74) is 2.11. The molecule has 1 aromatic carbocycles. The lowest BCUT2D eigenvalue weighted by molar-refractivity contribution is -0.132. The van der Waals surface area contributed by atoms with Crippen LogP contribution in [0, 0.1) is 0 Å². The highest BCUT2D eigenvalue weighted by molar-refractivity contribution is 5.79. The Labute approximate surface area is 155 Å². The lowest BCUT2D eigenvalue weighted by atomic mass is 10.1. The average molecular weight is 367 g/mol.